The number of anilines is 2. The number of para-hydroxylation sites is 1. The number of rotatable bonds is 5. The number of benzene rings is 1. The molecule has 0 unspecified atom stereocenters. The molecule has 0 radical (unpaired) electrons. The van der Waals surface area contributed by atoms with Gasteiger partial charge in [0.2, 0.25) is 5.91 Å². The Hall–Kier alpha value is -2.05. The molecular weight excluding hydrogens is 348 g/mol. The van der Waals surface area contributed by atoms with Gasteiger partial charge >= 0.3 is 5.97 Å². The molecular formula is C17H17ClN2O3S. The van der Waals surface area contributed by atoms with E-state index in [4.69, 9.17) is 16.3 Å². The Bertz CT molecular complexity index is 788. The van der Waals surface area contributed by atoms with Crippen molar-refractivity contribution in [3.63, 3.8) is 0 Å². The van der Waals surface area contributed by atoms with Crippen LogP contribution in [0.5, 0.6) is 0 Å². The molecule has 1 aromatic heterocycles. The molecule has 24 heavy (non-hydrogen) atoms. The molecule has 2 aromatic rings. The number of ether oxygens (including phenoxy) is 1. The van der Waals surface area contributed by atoms with Crippen LogP contribution in [-0.2, 0) is 22.4 Å². The minimum atomic E-state index is -0.399. The van der Waals surface area contributed by atoms with E-state index >= 15 is 0 Å². The summed E-state index contributed by atoms with van der Waals surface area (Å²) in [6.45, 7) is 0.0624. The Labute approximate surface area is 149 Å². The number of nitrogens with one attached hydrogen (secondary N) is 2. The Balaban J connectivity index is 1.71. The van der Waals surface area contributed by atoms with Crippen molar-refractivity contribution in [3.8, 4) is 0 Å². The van der Waals surface area contributed by atoms with Gasteiger partial charge in [-0.1, -0.05) is 23.7 Å². The first kappa shape index (κ1) is 16.8. The maximum Gasteiger partial charge on any atom is 0.341 e. The van der Waals surface area contributed by atoms with E-state index in [0.29, 0.717) is 21.3 Å². The molecule has 0 saturated heterocycles. The maximum absolute atomic E-state index is 12.2. The van der Waals surface area contributed by atoms with Crippen molar-refractivity contribution in [2.45, 2.75) is 19.3 Å². The number of carbonyl (C=O) groups is 2. The van der Waals surface area contributed by atoms with Crippen molar-refractivity contribution in [1.29, 1.82) is 0 Å². The molecule has 126 valence electrons. The highest BCUT2D eigenvalue weighted by atomic mass is 35.5. The largest absolute Gasteiger partial charge is 0.465 e. The smallest absolute Gasteiger partial charge is 0.341 e. The Morgan fingerprint density at radius 2 is 2.08 bits per heavy atom. The normalized spacial score (nSPS) is 12.6. The second kappa shape index (κ2) is 7.23. The molecule has 1 aromatic carbocycles. The zero-order valence-corrected chi connectivity index (χ0v) is 14.7. The summed E-state index contributed by atoms with van der Waals surface area (Å²) in [5, 5.41) is 6.93. The quantitative estimate of drug-likeness (QED) is 0.793. The lowest BCUT2D eigenvalue weighted by Crippen LogP contribution is -2.22. The average Bonchev–Trinajstić information content (AvgIpc) is 3.14. The van der Waals surface area contributed by atoms with Crippen LogP contribution in [0.2, 0.25) is 5.02 Å². The molecule has 1 amide bonds. The number of fused-ring (bicyclic) bond motifs is 1. The molecule has 2 N–H and O–H groups in total. The maximum atomic E-state index is 12.2. The van der Waals surface area contributed by atoms with Gasteiger partial charge in [-0.3, -0.25) is 4.79 Å². The fraction of sp³-hybridized carbons (Fsp3) is 0.294. The molecule has 3 rings (SSSR count). The van der Waals surface area contributed by atoms with Gasteiger partial charge in [0.25, 0.3) is 0 Å². The number of hydrogen-bond donors (Lipinski definition) is 2. The minimum Gasteiger partial charge on any atom is -0.465 e. The number of amides is 1. The zero-order chi connectivity index (χ0) is 17.1. The summed E-state index contributed by atoms with van der Waals surface area (Å²) in [6, 6.07) is 7.21. The van der Waals surface area contributed by atoms with Gasteiger partial charge < -0.3 is 15.4 Å². The van der Waals surface area contributed by atoms with Crippen LogP contribution in [0.4, 0.5) is 10.7 Å². The molecule has 1 aliphatic carbocycles. The van der Waals surface area contributed by atoms with Gasteiger partial charge in [-0.15, -0.1) is 11.3 Å². The van der Waals surface area contributed by atoms with Crippen molar-refractivity contribution in [2.75, 3.05) is 24.3 Å². The lowest BCUT2D eigenvalue weighted by Gasteiger charge is -2.09. The predicted octanol–water partition coefficient (Wildman–Crippen LogP) is 3.73. The summed E-state index contributed by atoms with van der Waals surface area (Å²) in [7, 11) is 1.35. The summed E-state index contributed by atoms with van der Waals surface area (Å²) >= 11 is 7.51. The van der Waals surface area contributed by atoms with Crippen LogP contribution in [0.25, 0.3) is 0 Å². The van der Waals surface area contributed by atoms with E-state index in [2.05, 4.69) is 10.6 Å². The van der Waals surface area contributed by atoms with Crippen molar-refractivity contribution in [3.05, 3.63) is 45.3 Å². The Morgan fingerprint density at radius 1 is 1.29 bits per heavy atom. The third-order valence-corrected chi connectivity index (χ3v) is 5.41. The van der Waals surface area contributed by atoms with Gasteiger partial charge in [0.1, 0.15) is 5.00 Å². The van der Waals surface area contributed by atoms with Gasteiger partial charge in [0, 0.05) is 4.88 Å². The van der Waals surface area contributed by atoms with E-state index in [-0.39, 0.29) is 12.5 Å². The van der Waals surface area contributed by atoms with Gasteiger partial charge in [0.05, 0.1) is 29.9 Å². The number of thiophene rings is 1. The molecule has 0 bridgehead atoms. The number of methoxy groups -OCH3 is 1. The second-order valence-electron chi connectivity index (χ2n) is 5.43. The highest BCUT2D eigenvalue weighted by molar-refractivity contribution is 7.17. The van der Waals surface area contributed by atoms with Crippen molar-refractivity contribution in [2.24, 2.45) is 0 Å². The van der Waals surface area contributed by atoms with Crippen molar-refractivity contribution < 1.29 is 14.3 Å². The molecule has 1 heterocycles. The van der Waals surface area contributed by atoms with Crippen LogP contribution >= 0.6 is 22.9 Å². The number of esters is 1. The number of hydrogen-bond acceptors (Lipinski definition) is 5. The summed E-state index contributed by atoms with van der Waals surface area (Å²) < 4.78 is 4.87. The molecule has 0 atom stereocenters. The molecule has 0 aliphatic heterocycles. The summed E-state index contributed by atoms with van der Waals surface area (Å²) in [5.41, 5.74) is 2.21. The van der Waals surface area contributed by atoms with E-state index in [1.807, 2.05) is 12.1 Å². The standard InChI is InChI=1S/C17H17ClN2O3S/c1-23-17(22)15-10-5-4-8-13(10)24-16(15)20-14(21)9-19-12-7-3-2-6-11(12)18/h2-3,6-7,19H,4-5,8-9H2,1H3,(H,20,21). The molecule has 0 fully saturated rings. The molecule has 1 aliphatic rings. The van der Waals surface area contributed by atoms with Crippen LogP contribution in [0.15, 0.2) is 24.3 Å². The third-order valence-electron chi connectivity index (χ3n) is 3.88. The van der Waals surface area contributed by atoms with Crippen LogP contribution in [-0.4, -0.2) is 25.5 Å². The fourth-order valence-corrected chi connectivity index (χ4v) is 4.26. The summed E-state index contributed by atoms with van der Waals surface area (Å²) in [5.74, 6) is -0.635. The van der Waals surface area contributed by atoms with Crippen molar-refractivity contribution in [1.82, 2.24) is 0 Å². The SMILES string of the molecule is COC(=O)c1c(NC(=O)CNc2ccccc2Cl)sc2c1CCC2. The topological polar surface area (TPSA) is 67.4 Å². The molecule has 7 heteroatoms. The molecule has 5 nitrogen and oxygen atoms in total. The first-order chi connectivity index (χ1) is 11.6. The van der Waals surface area contributed by atoms with E-state index in [9.17, 15) is 9.59 Å². The van der Waals surface area contributed by atoms with E-state index in [0.717, 1.165) is 29.7 Å². The number of carbonyl (C=O) groups excluding carboxylic acids is 2. The highest BCUT2D eigenvalue weighted by Crippen LogP contribution is 2.39. The van der Waals surface area contributed by atoms with Gasteiger partial charge in [-0.05, 0) is 37.0 Å². The van der Waals surface area contributed by atoms with Crippen LogP contribution < -0.4 is 10.6 Å². The van der Waals surface area contributed by atoms with Crippen molar-refractivity contribution >= 4 is 45.5 Å². The minimum absolute atomic E-state index is 0.0624. The van der Waals surface area contributed by atoms with Gasteiger partial charge in [0.15, 0.2) is 0 Å². The fourth-order valence-electron chi connectivity index (χ4n) is 2.76. The Kier molecular flexibility index (Phi) is 5.06. The van der Waals surface area contributed by atoms with E-state index in [1.54, 1.807) is 12.1 Å². The van der Waals surface area contributed by atoms with E-state index in [1.165, 1.54) is 18.4 Å². The summed E-state index contributed by atoms with van der Waals surface area (Å²) in [6.07, 6.45) is 2.83. The molecule has 0 spiro atoms. The van der Waals surface area contributed by atoms with E-state index < -0.39 is 5.97 Å². The lowest BCUT2D eigenvalue weighted by atomic mass is 10.1. The highest BCUT2D eigenvalue weighted by Gasteiger charge is 2.27. The zero-order valence-electron chi connectivity index (χ0n) is 13.1. The number of halogens is 1. The number of aryl methyl sites for hydroxylation is 1. The Morgan fingerprint density at radius 3 is 2.83 bits per heavy atom. The van der Waals surface area contributed by atoms with Gasteiger partial charge in [-0.25, -0.2) is 4.79 Å². The predicted molar refractivity (Wildman–Crippen MR) is 96.3 cm³/mol. The monoisotopic (exact) mass is 364 g/mol. The summed E-state index contributed by atoms with van der Waals surface area (Å²) in [4.78, 5) is 25.4. The first-order valence-corrected chi connectivity index (χ1v) is 8.80. The first-order valence-electron chi connectivity index (χ1n) is 7.61. The second-order valence-corrected chi connectivity index (χ2v) is 6.95. The lowest BCUT2D eigenvalue weighted by molar-refractivity contribution is -0.114. The van der Waals surface area contributed by atoms with Crippen LogP contribution in [0.1, 0.15) is 27.2 Å². The van der Waals surface area contributed by atoms with Crippen LogP contribution in [0, 0.1) is 0 Å². The average molecular weight is 365 g/mol. The van der Waals surface area contributed by atoms with Gasteiger partial charge in [-0.2, -0.15) is 0 Å². The van der Waals surface area contributed by atoms with Crippen LogP contribution in [0.3, 0.4) is 0 Å². The third kappa shape index (κ3) is 3.39. The molecule has 0 saturated carbocycles.